The Balaban J connectivity index is 1.41. The first-order valence-corrected chi connectivity index (χ1v) is 8.95. The summed E-state index contributed by atoms with van der Waals surface area (Å²) in [6, 6.07) is 6.24. The molecule has 1 aromatic rings. The van der Waals surface area contributed by atoms with E-state index in [-0.39, 0.29) is 17.2 Å². The molecule has 124 valence electrons. The lowest BCUT2D eigenvalue weighted by Crippen LogP contribution is -2.37. The Morgan fingerprint density at radius 3 is 2.57 bits per heavy atom. The van der Waals surface area contributed by atoms with Gasteiger partial charge in [0.1, 0.15) is 13.2 Å². The van der Waals surface area contributed by atoms with Crippen LogP contribution < -0.4 is 14.8 Å². The van der Waals surface area contributed by atoms with Gasteiger partial charge in [-0.1, -0.05) is 25.3 Å². The van der Waals surface area contributed by atoms with Gasteiger partial charge in [-0.2, -0.15) is 0 Å². The highest BCUT2D eigenvalue weighted by molar-refractivity contribution is 5.78. The smallest absolute Gasteiger partial charge is 0.223 e. The third-order valence-electron chi connectivity index (χ3n) is 5.59. The van der Waals surface area contributed by atoms with E-state index in [4.69, 9.17) is 9.47 Å². The molecule has 4 nitrogen and oxygen atoms in total. The fraction of sp³-hybridized carbons (Fsp3) is 0.632. The Labute approximate surface area is 137 Å². The molecular formula is C19H25NO3. The minimum Gasteiger partial charge on any atom is -0.486 e. The molecule has 1 amide bonds. The maximum Gasteiger partial charge on any atom is 0.223 e. The SMILES string of the molecule is O=C(NCC1(c2ccc3c(c2)OCCO3)CC1)C1CCCCC1. The number of nitrogens with one attached hydrogen (secondary N) is 1. The molecule has 1 aromatic carbocycles. The summed E-state index contributed by atoms with van der Waals surface area (Å²) in [7, 11) is 0. The summed E-state index contributed by atoms with van der Waals surface area (Å²) in [6.07, 6.45) is 8.07. The van der Waals surface area contributed by atoms with E-state index >= 15 is 0 Å². The fourth-order valence-electron chi connectivity index (χ4n) is 3.86. The van der Waals surface area contributed by atoms with E-state index in [0.717, 1.165) is 43.7 Å². The minimum absolute atomic E-state index is 0.111. The lowest BCUT2D eigenvalue weighted by atomic mass is 9.88. The van der Waals surface area contributed by atoms with Crippen molar-refractivity contribution in [2.45, 2.75) is 50.4 Å². The van der Waals surface area contributed by atoms with Crippen molar-refractivity contribution in [3.05, 3.63) is 23.8 Å². The maximum absolute atomic E-state index is 12.4. The predicted molar refractivity (Wildman–Crippen MR) is 87.9 cm³/mol. The second kappa shape index (κ2) is 6.06. The van der Waals surface area contributed by atoms with E-state index in [1.165, 1.54) is 24.8 Å². The number of fused-ring (bicyclic) bond motifs is 1. The van der Waals surface area contributed by atoms with E-state index in [9.17, 15) is 4.79 Å². The van der Waals surface area contributed by atoms with Gasteiger partial charge < -0.3 is 14.8 Å². The van der Waals surface area contributed by atoms with Crippen LogP contribution in [-0.4, -0.2) is 25.7 Å². The van der Waals surface area contributed by atoms with Crippen molar-refractivity contribution in [1.82, 2.24) is 5.32 Å². The second-order valence-electron chi connectivity index (χ2n) is 7.19. The lowest BCUT2D eigenvalue weighted by Gasteiger charge is -2.24. The molecule has 0 unspecified atom stereocenters. The highest BCUT2D eigenvalue weighted by Crippen LogP contribution is 2.49. The van der Waals surface area contributed by atoms with Crippen LogP contribution >= 0.6 is 0 Å². The highest BCUT2D eigenvalue weighted by Gasteiger charge is 2.45. The van der Waals surface area contributed by atoms with Gasteiger partial charge in [-0.3, -0.25) is 4.79 Å². The number of carbonyl (C=O) groups excluding carboxylic acids is 1. The summed E-state index contributed by atoms with van der Waals surface area (Å²) in [5.74, 6) is 2.18. The average Bonchev–Trinajstić information content (AvgIpc) is 3.41. The van der Waals surface area contributed by atoms with Crippen LogP contribution in [0.5, 0.6) is 11.5 Å². The van der Waals surface area contributed by atoms with Crippen LogP contribution in [0.2, 0.25) is 0 Å². The number of hydrogen-bond acceptors (Lipinski definition) is 3. The minimum atomic E-state index is 0.111. The average molecular weight is 315 g/mol. The van der Waals surface area contributed by atoms with Gasteiger partial charge in [0.05, 0.1) is 0 Å². The van der Waals surface area contributed by atoms with Crippen LogP contribution in [0.15, 0.2) is 18.2 Å². The van der Waals surface area contributed by atoms with Crippen LogP contribution in [0.3, 0.4) is 0 Å². The van der Waals surface area contributed by atoms with Crippen LogP contribution in [0.1, 0.15) is 50.5 Å². The third-order valence-corrected chi connectivity index (χ3v) is 5.59. The zero-order valence-corrected chi connectivity index (χ0v) is 13.6. The summed E-state index contributed by atoms with van der Waals surface area (Å²) < 4.78 is 11.3. The van der Waals surface area contributed by atoms with Gasteiger partial charge in [0, 0.05) is 17.9 Å². The van der Waals surface area contributed by atoms with E-state index in [2.05, 4.69) is 17.4 Å². The first-order valence-electron chi connectivity index (χ1n) is 8.95. The van der Waals surface area contributed by atoms with Crippen LogP contribution in [-0.2, 0) is 10.2 Å². The van der Waals surface area contributed by atoms with Crippen molar-refractivity contribution >= 4 is 5.91 Å². The molecule has 1 aliphatic heterocycles. The number of amides is 1. The first kappa shape index (κ1) is 14.9. The van der Waals surface area contributed by atoms with Crippen LogP contribution in [0, 0.1) is 5.92 Å². The zero-order chi connectivity index (χ0) is 15.7. The van der Waals surface area contributed by atoms with Crippen molar-refractivity contribution in [2.75, 3.05) is 19.8 Å². The number of hydrogen-bond donors (Lipinski definition) is 1. The van der Waals surface area contributed by atoms with Gasteiger partial charge in [0.2, 0.25) is 5.91 Å². The summed E-state index contributed by atoms with van der Waals surface area (Å²) in [5, 5.41) is 3.22. The molecule has 23 heavy (non-hydrogen) atoms. The number of ether oxygens (including phenoxy) is 2. The summed E-state index contributed by atoms with van der Waals surface area (Å²) in [6.45, 7) is 1.98. The number of carbonyl (C=O) groups is 1. The number of rotatable bonds is 4. The Bertz CT molecular complexity index is 588. The Hall–Kier alpha value is -1.71. The molecule has 3 aliphatic rings. The quantitative estimate of drug-likeness (QED) is 0.928. The van der Waals surface area contributed by atoms with Crippen molar-refractivity contribution in [3.63, 3.8) is 0 Å². The summed E-state index contributed by atoms with van der Waals surface area (Å²) in [5.41, 5.74) is 1.38. The molecule has 4 rings (SSSR count). The molecule has 2 saturated carbocycles. The molecule has 0 spiro atoms. The predicted octanol–water partition coefficient (Wildman–Crippen LogP) is 3.19. The normalized spacial score (nSPS) is 22.4. The number of benzene rings is 1. The highest BCUT2D eigenvalue weighted by atomic mass is 16.6. The van der Waals surface area contributed by atoms with Gasteiger partial charge >= 0.3 is 0 Å². The van der Waals surface area contributed by atoms with Crippen molar-refractivity contribution in [2.24, 2.45) is 5.92 Å². The van der Waals surface area contributed by atoms with E-state index < -0.39 is 0 Å². The lowest BCUT2D eigenvalue weighted by molar-refractivity contribution is -0.126. The molecule has 0 aromatic heterocycles. The molecule has 0 radical (unpaired) electrons. The fourth-order valence-corrected chi connectivity index (χ4v) is 3.86. The van der Waals surface area contributed by atoms with Gasteiger partial charge in [-0.25, -0.2) is 0 Å². The molecule has 0 saturated heterocycles. The molecule has 0 bridgehead atoms. The van der Waals surface area contributed by atoms with Crippen molar-refractivity contribution in [3.8, 4) is 11.5 Å². The molecule has 1 heterocycles. The van der Waals surface area contributed by atoms with Crippen LogP contribution in [0.25, 0.3) is 0 Å². The summed E-state index contributed by atoms with van der Waals surface area (Å²) >= 11 is 0. The van der Waals surface area contributed by atoms with Gasteiger partial charge in [-0.05, 0) is 43.4 Å². The third kappa shape index (κ3) is 3.04. The topological polar surface area (TPSA) is 47.6 Å². The maximum atomic E-state index is 12.4. The Kier molecular flexibility index (Phi) is 3.92. The van der Waals surface area contributed by atoms with Gasteiger partial charge in [0.25, 0.3) is 0 Å². The Morgan fingerprint density at radius 2 is 1.83 bits per heavy atom. The first-order chi connectivity index (χ1) is 11.3. The molecule has 4 heteroatoms. The molecule has 2 fully saturated rings. The second-order valence-corrected chi connectivity index (χ2v) is 7.19. The van der Waals surface area contributed by atoms with E-state index in [1.54, 1.807) is 0 Å². The van der Waals surface area contributed by atoms with Crippen molar-refractivity contribution < 1.29 is 14.3 Å². The standard InChI is InChI=1S/C19H25NO3/c21-18(14-4-2-1-3-5-14)20-13-19(8-9-19)15-6-7-16-17(12-15)23-11-10-22-16/h6-7,12,14H,1-5,8-11,13H2,(H,20,21). The monoisotopic (exact) mass is 315 g/mol. The van der Waals surface area contributed by atoms with Gasteiger partial charge in [-0.15, -0.1) is 0 Å². The summed E-state index contributed by atoms with van der Waals surface area (Å²) in [4.78, 5) is 12.4. The van der Waals surface area contributed by atoms with Crippen LogP contribution in [0.4, 0.5) is 0 Å². The molecular weight excluding hydrogens is 290 g/mol. The van der Waals surface area contributed by atoms with Gasteiger partial charge in [0.15, 0.2) is 11.5 Å². The van der Waals surface area contributed by atoms with E-state index in [1.807, 2.05) is 6.07 Å². The molecule has 0 atom stereocenters. The zero-order valence-electron chi connectivity index (χ0n) is 13.6. The Morgan fingerprint density at radius 1 is 1.09 bits per heavy atom. The van der Waals surface area contributed by atoms with Crippen molar-refractivity contribution in [1.29, 1.82) is 0 Å². The van der Waals surface area contributed by atoms with E-state index in [0.29, 0.717) is 13.2 Å². The molecule has 2 aliphatic carbocycles. The largest absolute Gasteiger partial charge is 0.486 e. The molecule has 1 N–H and O–H groups in total.